The van der Waals surface area contributed by atoms with Gasteiger partial charge in [0, 0.05) is 22.7 Å². The summed E-state index contributed by atoms with van der Waals surface area (Å²) in [6, 6.07) is 8.04. The topological polar surface area (TPSA) is 40.5 Å². The molecule has 1 saturated heterocycles. The third-order valence-corrected chi connectivity index (χ3v) is 4.41. The van der Waals surface area contributed by atoms with E-state index < -0.39 is 0 Å². The van der Waals surface area contributed by atoms with E-state index in [4.69, 9.17) is 5.11 Å². The molecule has 0 radical (unpaired) electrons. The van der Waals surface area contributed by atoms with Crippen molar-refractivity contribution in [3.63, 3.8) is 0 Å². The molecule has 1 aromatic rings. The van der Waals surface area contributed by atoms with Gasteiger partial charge < -0.3 is 5.11 Å². The Kier molecular flexibility index (Phi) is 5.55. The van der Waals surface area contributed by atoms with Crippen LogP contribution in [0.2, 0.25) is 0 Å². The van der Waals surface area contributed by atoms with E-state index in [-0.39, 0.29) is 12.4 Å². The molecule has 19 heavy (non-hydrogen) atoms. The van der Waals surface area contributed by atoms with E-state index in [0.29, 0.717) is 12.6 Å². The molecule has 104 valence electrons. The monoisotopic (exact) mass is 325 g/mol. The number of benzene rings is 1. The summed E-state index contributed by atoms with van der Waals surface area (Å²) >= 11 is 3.43. The Balaban J connectivity index is 1.96. The molecule has 0 spiro atoms. The van der Waals surface area contributed by atoms with E-state index in [1.807, 2.05) is 24.3 Å². The number of rotatable bonds is 6. The number of carbonyl (C=O) groups is 1. The molecule has 1 fully saturated rings. The highest BCUT2D eigenvalue weighted by molar-refractivity contribution is 9.10. The summed E-state index contributed by atoms with van der Waals surface area (Å²) in [6.07, 6.45) is 4.10. The standard InChI is InChI=1S/C15H20BrNO2/c16-14-8-2-1-7-13(14)15(19)11-17-9-3-5-12(17)6-4-10-18/h1-2,7-8,12,18H,3-6,9-11H2. The van der Waals surface area contributed by atoms with Gasteiger partial charge in [-0.15, -0.1) is 0 Å². The zero-order chi connectivity index (χ0) is 13.7. The van der Waals surface area contributed by atoms with Crippen LogP contribution in [0.4, 0.5) is 0 Å². The highest BCUT2D eigenvalue weighted by Crippen LogP contribution is 2.23. The van der Waals surface area contributed by atoms with Crippen LogP contribution in [-0.2, 0) is 0 Å². The molecular formula is C15H20BrNO2. The summed E-state index contributed by atoms with van der Waals surface area (Å²) in [5, 5.41) is 8.92. The highest BCUT2D eigenvalue weighted by Gasteiger charge is 2.26. The molecule has 0 amide bonds. The van der Waals surface area contributed by atoms with Crippen molar-refractivity contribution < 1.29 is 9.90 Å². The number of ketones is 1. The van der Waals surface area contributed by atoms with Gasteiger partial charge in [0.25, 0.3) is 0 Å². The van der Waals surface area contributed by atoms with E-state index in [1.165, 1.54) is 0 Å². The lowest BCUT2D eigenvalue weighted by atomic mass is 10.1. The maximum Gasteiger partial charge on any atom is 0.177 e. The number of likely N-dealkylation sites (tertiary alicyclic amines) is 1. The van der Waals surface area contributed by atoms with Crippen LogP contribution in [0, 0.1) is 0 Å². The van der Waals surface area contributed by atoms with Crippen LogP contribution in [0.3, 0.4) is 0 Å². The van der Waals surface area contributed by atoms with E-state index in [9.17, 15) is 4.79 Å². The second-order valence-corrected chi connectivity index (χ2v) is 5.89. The Bertz CT molecular complexity index is 436. The van der Waals surface area contributed by atoms with E-state index in [1.54, 1.807) is 0 Å². The largest absolute Gasteiger partial charge is 0.396 e. The van der Waals surface area contributed by atoms with Crippen molar-refractivity contribution in [1.29, 1.82) is 0 Å². The molecule has 0 bridgehead atoms. The number of hydrogen-bond donors (Lipinski definition) is 1. The second kappa shape index (κ2) is 7.17. The molecule has 0 aromatic heterocycles. The van der Waals surface area contributed by atoms with Gasteiger partial charge in [0.15, 0.2) is 5.78 Å². The maximum atomic E-state index is 12.3. The van der Waals surface area contributed by atoms with Crippen molar-refractivity contribution in [2.75, 3.05) is 19.7 Å². The van der Waals surface area contributed by atoms with E-state index in [0.717, 1.165) is 42.3 Å². The van der Waals surface area contributed by atoms with Gasteiger partial charge in [-0.2, -0.15) is 0 Å². The highest BCUT2D eigenvalue weighted by atomic mass is 79.9. The first kappa shape index (κ1) is 14.7. The molecule has 1 unspecified atom stereocenters. The fourth-order valence-electron chi connectivity index (χ4n) is 2.71. The Hall–Kier alpha value is -0.710. The van der Waals surface area contributed by atoms with Crippen molar-refractivity contribution >= 4 is 21.7 Å². The minimum atomic E-state index is 0.170. The molecule has 1 atom stereocenters. The Labute approximate surface area is 122 Å². The zero-order valence-electron chi connectivity index (χ0n) is 11.0. The van der Waals surface area contributed by atoms with Gasteiger partial charge >= 0.3 is 0 Å². The minimum absolute atomic E-state index is 0.170. The molecule has 3 nitrogen and oxygen atoms in total. The number of aliphatic hydroxyl groups excluding tert-OH is 1. The van der Waals surface area contributed by atoms with Crippen LogP contribution < -0.4 is 0 Å². The lowest BCUT2D eigenvalue weighted by Gasteiger charge is -2.23. The number of hydrogen-bond acceptors (Lipinski definition) is 3. The Morgan fingerprint density at radius 2 is 2.21 bits per heavy atom. The van der Waals surface area contributed by atoms with Gasteiger partial charge in [-0.25, -0.2) is 0 Å². The summed E-state index contributed by atoms with van der Waals surface area (Å²) in [5.41, 5.74) is 0.760. The molecule has 1 aliphatic rings. The summed E-state index contributed by atoms with van der Waals surface area (Å²) in [6.45, 7) is 1.72. The van der Waals surface area contributed by atoms with E-state index >= 15 is 0 Å². The number of halogens is 1. The van der Waals surface area contributed by atoms with Crippen LogP contribution in [0.1, 0.15) is 36.0 Å². The van der Waals surface area contributed by atoms with Gasteiger partial charge in [-0.05, 0) is 38.3 Å². The number of aliphatic hydroxyl groups is 1. The van der Waals surface area contributed by atoms with Crippen LogP contribution >= 0.6 is 15.9 Å². The lowest BCUT2D eigenvalue weighted by molar-refractivity contribution is 0.0915. The zero-order valence-corrected chi connectivity index (χ0v) is 12.6. The van der Waals surface area contributed by atoms with Gasteiger partial charge in [0.1, 0.15) is 0 Å². The minimum Gasteiger partial charge on any atom is -0.396 e. The smallest absolute Gasteiger partial charge is 0.177 e. The fourth-order valence-corrected chi connectivity index (χ4v) is 3.22. The number of nitrogens with zero attached hydrogens (tertiary/aromatic N) is 1. The van der Waals surface area contributed by atoms with Crippen LogP contribution in [0.5, 0.6) is 0 Å². The predicted molar refractivity (Wildman–Crippen MR) is 79.4 cm³/mol. The lowest BCUT2D eigenvalue weighted by Crippen LogP contribution is -2.34. The molecular weight excluding hydrogens is 306 g/mol. The van der Waals surface area contributed by atoms with Crippen molar-refractivity contribution in [3.05, 3.63) is 34.3 Å². The van der Waals surface area contributed by atoms with E-state index in [2.05, 4.69) is 20.8 Å². The van der Waals surface area contributed by atoms with Crippen LogP contribution in [-0.4, -0.2) is 41.5 Å². The maximum absolute atomic E-state index is 12.3. The molecule has 4 heteroatoms. The number of Topliss-reactive ketones (excluding diaryl/α,β-unsaturated/α-hetero) is 1. The molecule has 1 aromatic carbocycles. The second-order valence-electron chi connectivity index (χ2n) is 5.04. The first-order valence-corrected chi connectivity index (χ1v) is 7.64. The quantitative estimate of drug-likeness (QED) is 0.817. The average Bonchev–Trinajstić information content (AvgIpc) is 2.84. The summed E-state index contributed by atoms with van der Waals surface area (Å²) < 4.78 is 0.867. The summed E-state index contributed by atoms with van der Waals surface area (Å²) in [7, 11) is 0. The van der Waals surface area contributed by atoms with Crippen molar-refractivity contribution in [1.82, 2.24) is 4.90 Å². The van der Waals surface area contributed by atoms with Crippen LogP contribution in [0.25, 0.3) is 0 Å². The summed E-state index contributed by atoms with van der Waals surface area (Å²) in [5.74, 6) is 0.170. The SMILES string of the molecule is O=C(CN1CCCC1CCCO)c1ccccc1Br. The fraction of sp³-hybridized carbons (Fsp3) is 0.533. The molecule has 0 saturated carbocycles. The average molecular weight is 326 g/mol. The third-order valence-electron chi connectivity index (χ3n) is 3.72. The molecule has 2 rings (SSSR count). The van der Waals surface area contributed by atoms with Gasteiger partial charge in [-0.1, -0.05) is 34.1 Å². The first-order chi connectivity index (χ1) is 9.22. The van der Waals surface area contributed by atoms with Crippen molar-refractivity contribution in [2.24, 2.45) is 0 Å². The normalized spacial score (nSPS) is 19.8. The van der Waals surface area contributed by atoms with Gasteiger partial charge in [-0.3, -0.25) is 9.69 Å². The Morgan fingerprint density at radius 3 is 2.95 bits per heavy atom. The van der Waals surface area contributed by atoms with Crippen LogP contribution in [0.15, 0.2) is 28.7 Å². The van der Waals surface area contributed by atoms with Gasteiger partial charge in [0.05, 0.1) is 6.54 Å². The summed E-state index contributed by atoms with van der Waals surface area (Å²) in [4.78, 5) is 14.6. The molecule has 1 N–H and O–H groups in total. The van der Waals surface area contributed by atoms with Crippen molar-refractivity contribution in [2.45, 2.75) is 31.7 Å². The van der Waals surface area contributed by atoms with Gasteiger partial charge in [0.2, 0.25) is 0 Å². The third kappa shape index (κ3) is 3.88. The Morgan fingerprint density at radius 1 is 1.42 bits per heavy atom. The molecule has 1 heterocycles. The molecule has 1 aliphatic heterocycles. The first-order valence-electron chi connectivity index (χ1n) is 6.85. The number of carbonyl (C=O) groups excluding carboxylic acids is 1. The molecule has 0 aliphatic carbocycles. The van der Waals surface area contributed by atoms with Crippen molar-refractivity contribution in [3.8, 4) is 0 Å². The predicted octanol–water partition coefficient (Wildman–Crippen LogP) is 2.87.